The van der Waals surface area contributed by atoms with Gasteiger partial charge in [0.05, 0.1) is 16.3 Å². The lowest BCUT2D eigenvalue weighted by molar-refractivity contribution is 0.0935. The second-order valence-electron chi connectivity index (χ2n) is 8.69. The van der Waals surface area contributed by atoms with Crippen LogP contribution < -0.4 is 15.8 Å². The van der Waals surface area contributed by atoms with Gasteiger partial charge in [0.2, 0.25) is 0 Å². The van der Waals surface area contributed by atoms with Crippen LogP contribution in [-0.2, 0) is 6.61 Å². The number of pyridine rings is 1. The van der Waals surface area contributed by atoms with Gasteiger partial charge in [0.25, 0.3) is 5.91 Å². The van der Waals surface area contributed by atoms with Gasteiger partial charge in [-0.2, -0.15) is 0 Å². The predicted molar refractivity (Wildman–Crippen MR) is 120 cm³/mol. The van der Waals surface area contributed by atoms with Crippen molar-refractivity contribution in [3.05, 3.63) is 64.1 Å². The summed E-state index contributed by atoms with van der Waals surface area (Å²) in [5, 5.41) is 3.14. The van der Waals surface area contributed by atoms with Crippen molar-refractivity contribution in [1.82, 2.24) is 14.7 Å². The van der Waals surface area contributed by atoms with Gasteiger partial charge in [-0.3, -0.25) is 9.20 Å². The standard InChI is InChI=1S/C23H27ClF2N4O2/c1-13(2)9-23(4,27)12-28-22(31)20-14(3)29-21-19(8-15(24)10-30(20)21)32-11-16-17(25)6-5-7-18(16)26/h5-8,10,13H,9,11-12,27H2,1-4H3,(H,28,31). The van der Waals surface area contributed by atoms with Crippen LogP contribution in [0, 0.1) is 24.5 Å². The second-order valence-corrected chi connectivity index (χ2v) is 9.12. The summed E-state index contributed by atoms with van der Waals surface area (Å²) in [5.74, 6) is -1.20. The lowest BCUT2D eigenvalue weighted by Crippen LogP contribution is -2.48. The summed E-state index contributed by atoms with van der Waals surface area (Å²) in [7, 11) is 0. The number of hydrogen-bond acceptors (Lipinski definition) is 4. The number of aryl methyl sites for hydroxylation is 1. The molecule has 0 aliphatic heterocycles. The minimum Gasteiger partial charge on any atom is -0.485 e. The summed E-state index contributed by atoms with van der Waals surface area (Å²) in [5.41, 5.74) is 6.57. The molecular weight excluding hydrogens is 438 g/mol. The molecule has 172 valence electrons. The van der Waals surface area contributed by atoms with Crippen molar-refractivity contribution in [2.75, 3.05) is 6.54 Å². The summed E-state index contributed by atoms with van der Waals surface area (Å²) in [4.78, 5) is 17.4. The number of nitrogens with two attached hydrogens (primary N) is 1. The Balaban J connectivity index is 1.88. The molecule has 0 bridgehead atoms. The van der Waals surface area contributed by atoms with E-state index >= 15 is 0 Å². The minimum atomic E-state index is -0.714. The first kappa shape index (κ1) is 23.9. The monoisotopic (exact) mass is 464 g/mol. The molecule has 2 heterocycles. The molecule has 1 unspecified atom stereocenters. The van der Waals surface area contributed by atoms with E-state index in [4.69, 9.17) is 22.1 Å². The van der Waals surface area contributed by atoms with E-state index in [0.717, 1.165) is 18.6 Å². The zero-order valence-corrected chi connectivity index (χ0v) is 19.3. The molecule has 1 aromatic carbocycles. The molecule has 1 amide bonds. The van der Waals surface area contributed by atoms with Crippen molar-refractivity contribution in [3.8, 4) is 5.75 Å². The van der Waals surface area contributed by atoms with Gasteiger partial charge in [0, 0.05) is 24.3 Å². The maximum atomic E-state index is 14.0. The highest BCUT2D eigenvalue weighted by atomic mass is 35.5. The largest absolute Gasteiger partial charge is 0.485 e. The van der Waals surface area contributed by atoms with Crippen LogP contribution in [0.3, 0.4) is 0 Å². The molecule has 0 saturated carbocycles. The van der Waals surface area contributed by atoms with Crippen LogP contribution in [0.2, 0.25) is 5.02 Å². The lowest BCUT2D eigenvalue weighted by atomic mass is 9.92. The van der Waals surface area contributed by atoms with Crippen LogP contribution in [0.25, 0.3) is 5.65 Å². The number of carbonyl (C=O) groups excluding carboxylic acids is 1. The molecule has 0 aliphatic carbocycles. The Morgan fingerprint density at radius 2 is 2.00 bits per heavy atom. The van der Waals surface area contributed by atoms with Gasteiger partial charge in [-0.05, 0) is 38.3 Å². The number of hydrogen-bond donors (Lipinski definition) is 2. The van der Waals surface area contributed by atoms with Crippen LogP contribution in [0.4, 0.5) is 8.78 Å². The van der Waals surface area contributed by atoms with E-state index in [1.54, 1.807) is 6.92 Å². The summed E-state index contributed by atoms with van der Waals surface area (Å²) in [6, 6.07) is 5.08. The van der Waals surface area contributed by atoms with E-state index in [1.807, 2.05) is 6.92 Å². The Bertz CT molecular complexity index is 1120. The lowest BCUT2D eigenvalue weighted by Gasteiger charge is -2.26. The first-order valence-corrected chi connectivity index (χ1v) is 10.7. The molecule has 3 aromatic rings. The molecule has 3 rings (SSSR count). The number of nitrogens with zero attached hydrogens (tertiary/aromatic N) is 2. The van der Waals surface area contributed by atoms with Crippen molar-refractivity contribution >= 4 is 23.2 Å². The zero-order valence-electron chi connectivity index (χ0n) is 18.5. The van der Waals surface area contributed by atoms with E-state index < -0.39 is 17.2 Å². The average Bonchev–Trinajstić information content (AvgIpc) is 3.00. The molecular formula is C23H27ClF2N4O2. The number of ether oxygens (including phenoxy) is 1. The minimum absolute atomic E-state index is 0.200. The number of rotatable bonds is 8. The molecule has 0 radical (unpaired) electrons. The number of nitrogens with one attached hydrogen (secondary N) is 1. The van der Waals surface area contributed by atoms with Gasteiger partial charge in [-0.1, -0.05) is 31.5 Å². The first-order chi connectivity index (χ1) is 15.0. The van der Waals surface area contributed by atoms with Gasteiger partial charge in [-0.25, -0.2) is 13.8 Å². The molecule has 0 spiro atoms. The van der Waals surface area contributed by atoms with E-state index in [1.165, 1.54) is 22.7 Å². The molecule has 9 heteroatoms. The number of halogens is 3. The van der Waals surface area contributed by atoms with Crippen molar-refractivity contribution in [3.63, 3.8) is 0 Å². The molecule has 1 atom stereocenters. The smallest absolute Gasteiger partial charge is 0.270 e. The third-order valence-electron chi connectivity index (χ3n) is 5.00. The zero-order chi connectivity index (χ0) is 23.6. The third-order valence-corrected chi connectivity index (χ3v) is 5.21. The number of benzene rings is 1. The van der Waals surface area contributed by atoms with E-state index in [2.05, 4.69) is 24.1 Å². The Kier molecular flexibility index (Phi) is 7.05. The quantitative estimate of drug-likeness (QED) is 0.508. The number of aromatic nitrogens is 2. The molecule has 0 fully saturated rings. The second kappa shape index (κ2) is 9.42. The maximum absolute atomic E-state index is 14.0. The maximum Gasteiger partial charge on any atom is 0.270 e. The Hall–Kier alpha value is -2.71. The fourth-order valence-electron chi connectivity index (χ4n) is 3.77. The third kappa shape index (κ3) is 5.37. The van der Waals surface area contributed by atoms with Crippen LogP contribution >= 0.6 is 11.6 Å². The highest BCUT2D eigenvalue weighted by Crippen LogP contribution is 2.28. The molecule has 6 nitrogen and oxygen atoms in total. The predicted octanol–water partition coefficient (Wildman–Crippen LogP) is 4.65. The van der Waals surface area contributed by atoms with Crippen molar-refractivity contribution < 1.29 is 18.3 Å². The van der Waals surface area contributed by atoms with Gasteiger partial charge in [0.15, 0.2) is 11.4 Å². The van der Waals surface area contributed by atoms with Gasteiger partial charge < -0.3 is 15.8 Å². The Morgan fingerprint density at radius 3 is 2.62 bits per heavy atom. The fraction of sp³-hybridized carbons (Fsp3) is 0.391. The first-order valence-electron chi connectivity index (χ1n) is 10.3. The van der Waals surface area contributed by atoms with Crippen LogP contribution in [0.1, 0.15) is 48.9 Å². The number of carbonyl (C=O) groups is 1. The van der Waals surface area contributed by atoms with Crippen LogP contribution in [0.5, 0.6) is 5.75 Å². The summed E-state index contributed by atoms with van der Waals surface area (Å²) in [6.07, 6.45) is 2.29. The summed E-state index contributed by atoms with van der Waals surface area (Å²) < 4.78 is 35.1. The number of fused-ring (bicyclic) bond motifs is 1. The van der Waals surface area contributed by atoms with Gasteiger partial charge in [-0.15, -0.1) is 0 Å². The van der Waals surface area contributed by atoms with E-state index in [0.29, 0.717) is 17.3 Å². The molecule has 0 saturated heterocycles. The highest BCUT2D eigenvalue weighted by molar-refractivity contribution is 6.30. The van der Waals surface area contributed by atoms with Crippen molar-refractivity contribution in [2.45, 2.75) is 46.3 Å². The highest BCUT2D eigenvalue weighted by Gasteiger charge is 2.24. The number of imidazole rings is 1. The normalized spacial score (nSPS) is 13.4. The summed E-state index contributed by atoms with van der Waals surface area (Å²) >= 11 is 6.23. The SMILES string of the molecule is Cc1nc2c(OCc3c(F)cccc3F)cc(Cl)cn2c1C(=O)NCC(C)(N)CC(C)C. The van der Waals surface area contributed by atoms with Crippen LogP contribution in [-0.4, -0.2) is 27.4 Å². The Morgan fingerprint density at radius 1 is 1.34 bits per heavy atom. The van der Waals surface area contributed by atoms with Crippen molar-refractivity contribution in [1.29, 1.82) is 0 Å². The number of amides is 1. The Labute approximate surface area is 190 Å². The van der Waals surface area contributed by atoms with Crippen LogP contribution in [0.15, 0.2) is 30.5 Å². The molecule has 0 aliphatic rings. The molecule has 3 N–H and O–H groups in total. The van der Waals surface area contributed by atoms with Crippen molar-refractivity contribution in [2.24, 2.45) is 11.7 Å². The van der Waals surface area contributed by atoms with E-state index in [-0.39, 0.29) is 41.1 Å². The van der Waals surface area contributed by atoms with E-state index in [9.17, 15) is 13.6 Å². The van der Waals surface area contributed by atoms with Gasteiger partial charge >= 0.3 is 0 Å². The summed E-state index contributed by atoms with van der Waals surface area (Å²) in [6.45, 7) is 7.64. The molecule has 2 aromatic heterocycles. The molecule has 32 heavy (non-hydrogen) atoms. The fourth-order valence-corrected chi connectivity index (χ4v) is 3.96. The van der Waals surface area contributed by atoms with Gasteiger partial charge in [0.1, 0.15) is 23.9 Å². The topological polar surface area (TPSA) is 81.7 Å². The average molecular weight is 465 g/mol.